The highest BCUT2D eigenvalue weighted by Gasteiger charge is 2.24. The number of rotatable bonds is 3. The molecule has 0 unspecified atom stereocenters. The maximum atomic E-state index is 13.5. The maximum Gasteiger partial charge on any atom is 0.150 e. The Morgan fingerprint density at radius 2 is 1.79 bits per heavy atom. The Labute approximate surface area is 169 Å². The largest absolute Gasteiger partial charge is 0.356 e. The number of fused-ring (bicyclic) bond motifs is 1. The smallest absolute Gasteiger partial charge is 0.150 e. The van der Waals surface area contributed by atoms with Crippen molar-refractivity contribution in [1.29, 1.82) is 0 Å². The van der Waals surface area contributed by atoms with Crippen molar-refractivity contribution in [2.45, 2.75) is 19.8 Å². The number of aromatic nitrogens is 3. The lowest BCUT2D eigenvalue weighted by Gasteiger charge is -2.32. The van der Waals surface area contributed by atoms with Crippen LogP contribution < -0.4 is 4.90 Å². The van der Waals surface area contributed by atoms with Gasteiger partial charge in [-0.2, -0.15) is 0 Å². The number of anilines is 1. The lowest BCUT2D eigenvalue weighted by molar-refractivity contribution is 0.445. The van der Waals surface area contributed by atoms with Crippen molar-refractivity contribution in [2.75, 3.05) is 18.0 Å². The van der Waals surface area contributed by atoms with Gasteiger partial charge in [0.05, 0.1) is 5.39 Å². The summed E-state index contributed by atoms with van der Waals surface area (Å²) in [4.78, 5) is 11.7. The minimum atomic E-state index is -0.244. The van der Waals surface area contributed by atoms with Gasteiger partial charge in [-0.15, -0.1) is 0 Å². The third-order valence-electron chi connectivity index (χ3n) is 5.71. The Hall–Kier alpha value is -3.21. The predicted octanol–water partition coefficient (Wildman–Crippen LogP) is 5.46. The monoisotopic (exact) mass is 386 g/mol. The first-order chi connectivity index (χ1) is 14.2. The van der Waals surface area contributed by atoms with Crippen LogP contribution in [-0.2, 0) is 0 Å². The highest BCUT2D eigenvalue weighted by Crippen LogP contribution is 2.37. The number of hydrogen-bond donors (Lipinski definition) is 0. The van der Waals surface area contributed by atoms with Crippen LogP contribution in [0.5, 0.6) is 0 Å². The van der Waals surface area contributed by atoms with Gasteiger partial charge in [-0.1, -0.05) is 37.3 Å². The SMILES string of the molecule is C[C@@H]1CCCN(c2ncnc3c2c(-c2ccccc2)cn3-c2ccc(F)cc2)C1. The fraction of sp³-hybridized carbons (Fsp3) is 0.250. The summed E-state index contributed by atoms with van der Waals surface area (Å²) >= 11 is 0. The molecule has 5 heteroatoms. The van der Waals surface area contributed by atoms with Crippen LogP contribution in [0.25, 0.3) is 27.8 Å². The van der Waals surface area contributed by atoms with Gasteiger partial charge in [-0.05, 0) is 48.6 Å². The minimum absolute atomic E-state index is 0.244. The third kappa shape index (κ3) is 3.27. The molecule has 1 aliphatic rings. The second kappa shape index (κ2) is 7.32. The number of halogens is 1. The number of nitrogens with zero attached hydrogens (tertiary/aromatic N) is 4. The first kappa shape index (κ1) is 17.9. The number of hydrogen-bond acceptors (Lipinski definition) is 3. The molecule has 0 bridgehead atoms. The van der Waals surface area contributed by atoms with Gasteiger partial charge >= 0.3 is 0 Å². The Bertz CT molecular complexity index is 1130. The van der Waals surface area contributed by atoms with Crippen molar-refractivity contribution >= 4 is 16.9 Å². The van der Waals surface area contributed by atoms with E-state index in [2.05, 4.69) is 35.1 Å². The summed E-state index contributed by atoms with van der Waals surface area (Å²) in [5.41, 5.74) is 3.95. The van der Waals surface area contributed by atoms with Gasteiger partial charge in [-0.3, -0.25) is 0 Å². The summed E-state index contributed by atoms with van der Waals surface area (Å²) in [6.07, 6.45) is 6.17. The molecule has 2 aromatic carbocycles. The standard InChI is InChI=1S/C24H23FN4/c1-17-6-5-13-28(14-17)23-22-21(18-7-3-2-4-8-18)15-29(24(22)27-16-26-23)20-11-9-19(25)10-12-20/h2-4,7-12,15-17H,5-6,13-14H2,1H3/t17-/m1/s1. The van der Waals surface area contributed by atoms with Crippen molar-refractivity contribution in [1.82, 2.24) is 14.5 Å². The second-order valence-corrected chi connectivity index (χ2v) is 7.84. The molecule has 3 heterocycles. The van der Waals surface area contributed by atoms with E-state index in [1.807, 2.05) is 22.8 Å². The van der Waals surface area contributed by atoms with E-state index in [1.165, 1.54) is 25.0 Å². The van der Waals surface area contributed by atoms with Crippen LogP contribution in [0.15, 0.2) is 67.1 Å². The molecule has 2 aromatic heterocycles. The predicted molar refractivity (Wildman–Crippen MR) is 115 cm³/mol. The van der Waals surface area contributed by atoms with E-state index in [0.29, 0.717) is 5.92 Å². The first-order valence-corrected chi connectivity index (χ1v) is 10.1. The Morgan fingerprint density at radius 3 is 2.55 bits per heavy atom. The number of piperidine rings is 1. The fourth-order valence-corrected chi connectivity index (χ4v) is 4.30. The molecular weight excluding hydrogens is 363 g/mol. The zero-order valence-corrected chi connectivity index (χ0v) is 16.4. The molecule has 4 aromatic rings. The summed E-state index contributed by atoms with van der Waals surface area (Å²) in [6, 6.07) is 16.9. The van der Waals surface area contributed by atoms with Crippen LogP contribution in [0.4, 0.5) is 10.2 Å². The van der Waals surface area contributed by atoms with E-state index in [4.69, 9.17) is 4.98 Å². The van der Waals surface area contributed by atoms with Gasteiger partial charge in [0.15, 0.2) is 5.65 Å². The Kier molecular flexibility index (Phi) is 4.51. The van der Waals surface area contributed by atoms with Crippen molar-refractivity contribution in [3.8, 4) is 16.8 Å². The molecule has 1 aliphatic heterocycles. The summed E-state index contributed by atoms with van der Waals surface area (Å²) < 4.78 is 15.5. The highest BCUT2D eigenvalue weighted by molar-refractivity contribution is 6.02. The van der Waals surface area contributed by atoms with Crippen molar-refractivity contribution in [2.24, 2.45) is 5.92 Å². The molecule has 0 spiro atoms. The third-order valence-corrected chi connectivity index (χ3v) is 5.71. The topological polar surface area (TPSA) is 34.0 Å². The van der Waals surface area contributed by atoms with Crippen LogP contribution in [0.1, 0.15) is 19.8 Å². The molecule has 29 heavy (non-hydrogen) atoms. The first-order valence-electron chi connectivity index (χ1n) is 10.1. The fourth-order valence-electron chi connectivity index (χ4n) is 4.30. The molecule has 1 saturated heterocycles. The van der Waals surface area contributed by atoms with E-state index in [0.717, 1.165) is 46.8 Å². The Morgan fingerprint density at radius 1 is 1.00 bits per heavy atom. The molecule has 0 amide bonds. The lowest BCUT2D eigenvalue weighted by atomic mass is 9.99. The van der Waals surface area contributed by atoms with Crippen LogP contribution in [0.2, 0.25) is 0 Å². The van der Waals surface area contributed by atoms with E-state index in [1.54, 1.807) is 18.5 Å². The van der Waals surface area contributed by atoms with E-state index >= 15 is 0 Å². The van der Waals surface area contributed by atoms with E-state index < -0.39 is 0 Å². The summed E-state index contributed by atoms with van der Waals surface area (Å²) in [5, 5.41) is 1.05. The Balaban J connectivity index is 1.76. The van der Waals surface area contributed by atoms with E-state index in [-0.39, 0.29) is 5.82 Å². The van der Waals surface area contributed by atoms with Crippen LogP contribution in [-0.4, -0.2) is 27.6 Å². The zero-order valence-electron chi connectivity index (χ0n) is 16.4. The summed E-state index contributed by atoms with van der Waals surface area (Å²) in [5.74, 6) is 1.39. The van der Waals surface area contributed by atoms with Gasteiger partial charge in [0.25, 0.3) is 0 Å². The highest BCUT2D eigenvalue weighted by atomic mass is 19.1. The molecule has 0 saturated carbocycles. The van der Waals surface area contributed by atoms with Crippen molar-refractivity contribution < 1.29 is 4.39 Å². The molecule has 0 N–H and O–H groups in total. The quantitative estimate of drug-likeness (QED) is 0.469. The van der Waals surface area contributed by atoms with Gasteiger partial charge in [0.1, 0.15) is 18.0 Å². The van der Waals surface area contributed by atoms with Gasteiger partial charge in [0, 0.05) is 30.5 Å². The molecular formula is C24H23FN4. The van der Waals surface area contributed by atoms with Crippen LogP contribution in [0.3, 0.4) is 0 Å². The molecule has 4 nitrogen and oxygen atoms in total. The van der Waals surface area contributed by atoms with Crippen molar-refractivity contribution in [3.05, 3.63) is 72.9 Å². The van der Waals surface area contributed by atoms with Crippen LogP contribution in [0, 0.1) is 11.7 Å². The number of benzene rings is 2. The second-order valence-electron chi connectivity index (χ2n) is 7.84. The molecule has 146 valence electrons. The maximum absolute atomic E-state index is 13.5. The van der Waals surface area contributed by atoms with Gasteiger partial charge < -0.3 is 9.47 Å². The molecule has 1 atom stereocenters. The van der Waals surface area contributed by atoms with Crippen LogP contribution >= 0.6 is 0 Å². The minimum Gasteiger partial charge on any atom is -0.356 e. The average molecular weight is 386 g/mol. The van der Waals surface area contributed by atoms with Gasteiger partial charge in [0.2, 0.25) is 0 Å². The van der Waals surface area contributed by atoms with E-state index in [9.17, 15) is 4.39 Å². The lowest BCUT2D eigenvalue weighted by Crippen LogP contribution is -2.35. The summed E-state index contributed by atoms with van der Waals surface area (Å²) in [7, 11) is 0. The molecule has 1 fully saturated rings. The zero-order chi connectivity index (χ0) is 19.8. The molecule has 0 aliphatic carbocycles. The van der Waals surface area contributed by atoms with Crippen molar-refractivity contribution in [3.63, 3.8) is 0 Å². The summed E-state index contributed by atoms with van der Waals surface area (Å²) in [6.45, 7) is 4.31. The normalized spacial score (nSPS) is 17.0. The van der Waals surface area contributed by atoms with Gasteiger partial charge in [-0.25, -0.2) is 14.4 Å². The average Bonchev–Trinajstić information content (AvgIpc) is 3.15. The molecule has 5 rings (SSSR count). The molecule has 0 radical (unpaired) electrons.